The molecule has 1 heterocycles. The number of benzene rings is 1. The van der Waals surface area contributed by atoms with Crippen LogP contribution in [-0.2, 0) is 16.0 Å². The normalized spacial score (nSPS) is 14.7. The maximum Gasteiger partial charge on any atom is 0.328 e. The van der Waals surface area contributed by atoms with Gasteiger partial charge in [0.15, 0.2) is 0 Å². The first-order chi connectivity index (χ1) is 9.79. The van der Waals surface area contributed by atoms with Gasteiger partial charge in [-0.15, -0.1) is 0 Å². The highest BCUT2D eigenvalue weighted by Crippen LogP contribution is 2.23. The molecule has 0 bridgehead atoms. The Kier molecular flexibility index (Phi) is 3.97. The summed E-state index contributed by atoms with van der Waals surface area (Å²) in [5, 5.41) is 14.3. The summed E-state index contributed by atoms with van der Waals surface area (Å²) in [6, 6.07) is 4.97. The van der Waals surface area contributed by atoms with Crippen LogP contribution in [0.15, 0.2) is 18.2 Å². The maximum atomic E-state index is 12.1. The van der Waals surface area contributed by atoms with Crippen LogP contribution in [0.4, 0.5) is 5.69 Å². The van der Waals surface area contributed by atoms with Crippen molar-refractivity contribution in [2.45, 2.75) is 38.6 Å². The molecule has 3 N–H and O–H groups in total. The number of anilines is 1. The molecule has 1 aromatic carbocycles. The van der Waals surface area contributed by atoms with Crippen molar-refractivity contribution >= 4 is 23.5 Å². The van der Waals surface area contributed by atoms with Gasteiger partial charge in [0, 0.05) is 17.7 Å². The zero-order valence-corrected chi connectivity index (χ0v) is 12.0. The van der Waals surface area contributed by atoms with Crippen molar-refractivity contribution in [1.82, 2.24) is 5.32 Å². The predicted octanol–water partition coefficient (Wildman–Crippen LogP) is 1.55. The number of rotatable bonds is 3. The van der Waals surface area contributed by atoms with Gasteiger partial charge in [-0.25, -0.2) is 4.79 Å². The van der Waals surface area contributed by atoms with Crippen molar-refractivity contribution in [2.75, 3.05) is 5.32 Å². The summed E-state index contributed by atoms with van der Waals surface area (Å²) in [4.78, 5) is 34.7. The summed E-state index contributed by atoms with van der Waals surface area (Å²) in [6.07, 6.45) is 1.89. The Morgan fingerprint density at radius 3 is 2.67 bits per heavy atom. The van der Waals surface area contributed by atoms with Crippen LogP contribution >= 0.6 is 0 Å². The molecule has 1 aliphatic rings. The van der Waals surface area contributed by atoms with Crippen molar-refractivity contribution in [3.63, 3.8) is 0 Å². The number of carbonyl (C=O) groups excluding carboxylic acids is 2. The molecule has 1 aliphatic heterocycles. The van der Waals surface area contributed by atoms with Gasteiger partial charge in [-0.05, 0) is 50.5 Å². The van der Waals surface area contributed by atoms with Gasteiger partial charge < -0.3 is 15.7 Å². The van der Waals surface area contributed by atoms with Crippen LogP contribution in [0.2, 0.25) is 0 Å². The molecule has 0 saturated heterocycles. The average molecular weight is 290 g/mol. The van der Waals surface area contributed by atoms with Gasteiger partial charge >= 0.3 is 5.97 Å². The Morgan fingerprint density at radius 2 is 2.00 bits per heavy atom. The summed E-state index contributed by atoms with van der Waals surface area (Å²) in [7, 11) is 0. The van der Waals surface area contributed by atoms with Gasteiger partial charge in [0.05, 0.1) is 0 Å². The standard InChI is InChI=1S/C15H18N2O4/c1-15(2,14(20)21)17-13(19)10-6-7-11-9(8-10)4-3-5-12(18)16-11/h6-8H,3-5H2,1-2H3,(H,16,18)(H,17,19)(H,20,21). The molecule has 0 aliphatic carbocycles. The van der Waals surface area contributed by atoms with Crippen molar-refractivity contribution in [1.29, 1.82) is 0 Å². The molecule has 2 rings (SSSR count). The summed E-state index contributed by atoms with van der Waals surface area (Å²) >= 11 is 0. The van der Waals surface area contributed by atoms with E-state index in [2.05, 4.69) is 10.6 Å². The molecule has 0 atom stereocenters. The van der Waals surface area contributed by atoms with Crippen LogP contribution in [0, 0.1) is 0 Å². The number of hydrogen-bond donors (Lipinski definition) is 3. The Bertz CT molecular complexity index is 608. The third kappa shape index (κ3) is 3.39. The van der Waals surface area contributed by atoms with Gasteiger partial charge in [-0.2, -0.15) is 0 Å². The summed E-state index contributed by atoms with van der Waals surface area (Å²) in [5.74, 6) is -1.57. The Balaban J connectivity index is 2.22. The highest BCUT2D eigenvalue weighted by molar-refractivity contribution is 5.99. The van der Waals surface area contributed by atoms with E-state index < -0.39 is 17.4 Å². The summed E-state index contributed by atoms with van der Waals surface area (Å²) < 4.78 is 0. The minimum absolute atomic E-state index is 0.0297. The first-order valence-corrected chi connectivity index (χ1v) is 6.78. The Hall–Kier alpha value is -2.37. The number of carboxylic acids is 1. The number of hydrogen-bond acceptors (Lipinski definition) is 3. The van der Waals surface area contributed by atoms with E-state index in [1.54, 1.807) is 18.2 Å². The fraction of sp³-hybridized carbons (Fsp3) is 0.400. The molecule has 0 fully saturated rings. The molecule has 6 nitrogen and oxygen atoms in total. The van der Waals surface area contributed by atoms with Crippen molar-refractivity contribution < 1.29 is 19.5 Å². The third-order valence-electron chi connectivity index (χ3n) is 3.45. The number of carbonyl (C=O) groups is 3. The number of nitrogens with one attached hydrogen (secondary N) is 2. The monoisotopic (exact) mass is 290 g/mol. The highest BCUT2D eigenvalue weighted by atomic mass is 16.4. The quantitative estimate of drug-likeness (QED) is 0.787. The van der Waals surface area contributed by atoms with Crippen LogP contribution < -0.4 is 10.6 Å². The lowest BCUT2D eigenvalue weighted by molar-refractivity contribution is -0.143. The summed E-state index contributed by atoms with van der Waals surface area (Å²) in [5.41, 5.74) is 0.658. The van der Waals surface area contributed by atoms with Crippen LogP contribution in [0.25, 0.3) is 0 Å². The molecule has 2 amide bonds. The first kappa shape index (κ1) is 15.0. The maximum absolute atomic E-state index is 12.1. The molecule has 0 aromatic heterocycles. The van der Waals surface area contributed by atoms with Gasteiger partial charge in [-0.1, -0.05) is 0 Å². The lowest BCUT2D eigenvalue weighted by atomic mass is 10.0. The predicted molar refractivity (Wildman–Crippen MR) is 77.2 cm³/mol. The molecule has 21 heavy (non-hydrogen) atoms. The SMILES string of the molecule is CC(C)(NC(=O)c1ccc2c(c1)CCCC(=O)N2)C(=O)O. The van der Waals surface area contributed by atoms with E-state index >= 15 is 0 Å². The van der Waals surface area contributed by atoms with E-state index in [0.29, 0.717) is 24.1 Å². The highest BCUT2D eigenvalue weighted by Gasteiger charge is 2.29. The number of aryl methyl sites for hydroxylation is 1. The van der Waals surface area contributed by atoms with Crippen LogP contribution in [0.5, 0.6) is 0 Å². The van der Waals surface area contributed by atoms with Crippen molar-refractivity contribution in [2.24, 2.45) is 0 Å². The van der Waals surface area contributed by atoms with Crippen LogP contribution in [-0.4, -0.2) is 28.4 Å². The zero-order valence-electron chi connectivity index (χ0n) is 12.0. The lowest BCUT2D eigenvalue weighted by Crippen LogP contribution is -2.49. The smallest absolute Gasteiger partial charge is 0.328 e. The number of aliphatic carboxylic acids is 1. The fourth-order valence-corrected chi connectivity index (χ4v) is 2.13. The van der Waals surface area contributed by atoms with Gasteiger partial charge in [0.25, 0.3) is 5.91 Å². The molecule has 6 heteroatoms. The van der Waals surface area contributed by atoms with Gasteiger partial charge in [-0.3, -0.25) is 9.59 Å². The van der Waals surface area contributed by atoms with Gasteiger partial charge in [0.2, 0.25) is 5.91 Å². The Labute approximate surface area is 122 Å². The number of fused-ring (bicyclic) bond motifs is 1. The fourth-order valence-electron chi connectivity index (χ4n) is 2.13. The van der Waals surface area contributed by atoms with Gasteiger partial charge in [0.1, 0.15) is 5.54 Å². The summed E-state index contributed by atoms with van der Waals surface area (Å²) in [6.45, 7) is 2.85. The molecule has 0 spiro atoms. The molecule has 1 aromatic rings. The topological polar surface area (TPSA) is 95.5 Å². The lowest BCUT2D eigenvalue weighted by Gasteiger charge is -2.21. The van der Waals surface area contributed by atoms with E-state index in [1.807, 2.05) is 0 Å². The largest absolute Gasteiger partial charge is 0.480 e. The second kappa shape index (κ2) is 5.55. The Morgan fingerprint density at radius 1 is 1.29 bits per heavy atom. The minimum atomic E-state index is -1.34. The van der Waals surface area contributed by atoms with Crippen LogP contribution in [0.1, 0.15) is 42.6 Å². The second-order valence-corrected chi connectivity index (χ2v) is 5.66. The zero-order chi connectivity index (χ0) is 15.6. The van der Waals surface area contributed by atoms with E-state index in [-0.39, 0.29) is 5.91 Å². The third-order valence-corrected chi connectivity index (χ3v) is 3.45. The van der Waals surface area contributed by atoms with Crippen LogP contribution in [0.3, 0.4) is 0 Å². The van der Waals surface area contributed by atoms with Crippen molar-refractivity contribution in [3.8, 4) is 0 Å². The van der Waals surface area contributed by atoms with E-state index in [0.717, 1.165) is 12.0 Å². The molecule has 0 radical (unpaired) electrons. The molecular weight excluding hydrogens is 272 g/mol. The van der Waals surface area contributed by atoms with Crippen molar-refractivity contribution in [3.05, 3.63) is 29.3 Å². The molecule has 112 valence electrons. The molecule has 0 saturated carbocycles. The van der Waals surface area contributed by atoms with E-state index in [9.17, 15) is 14.4 Å². The number of carboxylic acid groups (broad SMARTS) is 1. The number of amides is 2. The molecule has 0 unspecified atom stereocenters. The first-order valence-electron chi connectivity index (χ1n) is 6.78. The average Bonchev–Trinajstić information content (AvgIpc) is 2.57. The van der Waals surface area contributed by atoms with E-state index in [4.69, 9.17) is 5.11 Å². The second-order valence-electron chi connectivity index (χ2n) is 5.66. The minimum Gasteiger partial charge on any atom is -0.480 e. The van der Waals surface area contributed by atoms with E-state index in [1.165, 1.54) is 13.8 Å². The molecular formula is C15H18N2O4.